The van der Waals surface area contributed by atoms with Crippen LogP contribution in [0.25, 0.3) is 0 Å². The predicted molar refractivity (Wildman–Crippen MR) is 93.9 cm³/mol. The maximum absolute atomic E-state index is 5.36. The summed E-state index contributed by atoms with van der Waals surface area (Å²) in [7, 11) is 1.83. The number of thiophene rings is 1. The van der Waals surface area contributed by atoms with Crippen molar-refractivity contribution in [3.05, 3.63) is 22.4 Å². The van der Waals surface area contributed by atoms with Crippen LogP contribution in [0.1, 0.15) is 17.7 Å². The zero-order valence-corrected chi connectivity index (χ0v) is 14.3. The molecule has 0 spiro atoms. The topological polar surface area (TPSA) is 48.9 Å². The highest BCUT2D eigenvalue weighted by Crippen LogP contribution is 2.07. The number of ether oxygens (including phenoxy) is 1. The molecule has 0 aliphatic carbocycles. The van der Waals surface area contributed by atoms with E-state index < -0.39 is 0 Å². The first-order valence-electron chi connectivity index (χ1n) is 8.15. The molecule has 2 rings (SSSR count). The van der Waals surface area contributed by atoms with E-state index in [1.165, 1.54) is 24.3 Å². The number of morpholine rings is 1. The van der Waals surface area contributed by atoms with Crippen molar-refractivity contribution in [1.82, 2.24) is 15.5 Å². The highest BCUT2D eigenvalue weighted by Gasteiger charge is 2.08. The van der Waals surface area contributed by atoms with E-state index in [0.29, 0.717) is 0 Å². The van der Waals surface area contributed by atoms with E-state index in [0.717, 1.165) is 51.8 Å². The normalized spacial score (nSPS) is 16.7. The summed E-state index contributed by atoms with van der Waals surface area (Å²) in [5.41, 5.74) is 0. The number of nitrogens with zero attached hydrogens (tertiary/aromatic N) is 2. The standard InChI is InChI=1S/C16H28N4OS/c1-17-16(19-8-6-15-5-4-14-22-15)18-7-2-3-9-20-10-12-21-13-11-20/h4-5,14H,2-3,6-13H2,1H3,(H2,17,18,19). The van der Waals surface area contributed by atoms with Gasteiger partial charge in [-0.15, -0.1) is 11.3 Å². The summed E-state index contributed by atoms with van der Waals surface area (Å²) in [5.74, 6) is 0.905. The minimum atomic E-state index is 0.888. The van der Waals surface area contributed by atoms with Crippen molar-refractivity contribution in [1.29, 1.82) is 0 Å². The van der Waals surface area contributed by atoms with Crippen LogP contribution in [0.2, 0.25) is 0 Å². The molecule has 6 heteroatoms. The van der Waals surface area contributed by atoms with E-state index in [1.54, 1.807) is 11.3 Å². The molecule has 124 valence electrons. The Bertz CT molecular complexity index is 416. The van der Waals surface area contributed by atoms with E-state index in [4.69, 9.17) is 4.74 Å². The number of hydrogen-bond acceptors (Lipinski definition) is 4. The molecule has 0 amide bonds. The van der Waals surface area contributed by atoms with Gasteiger partial charge in [-0.1, -0.05) is 6.07 Å². The summed E-state index contributed by atoms with van der Waals surface area (Å²) >= 11 is 1.81. The van der Waals surface area contributed by atoms with Gasteiger partial charge in [-0.2, -0.15) is 0 Å². The van der Waals surface area contributed by atoms with Crippen molar-refractivity contribution in [2.75, 3.05) is 53.0 Å². The van der Waals surface area contributed by atoms with E-state index >= 15 is 0 Å². The van der Waals surface area contributed by atoms with Gasteiger partial charge in [-0.3, -0.25) is 9.89 Å². The molecule has 0 aromatic carbocycles. The fraction of sp³-hybridized carbons (Fsp3) is 0.688. The van der Waals surface area contributed by atoms with Gasteiger partial charge in [-0.25, -0.2) is 0 Å². The largest absolute Gasteiger partial charge is 0.379 e. The van der Waals surface area contributed by atoms with Crippen molar-refractivity contribution < 1.29 is 4.74 Å². The second-order valence-electron chi connectivity index (χ2n) is 5.42. The van der Waals surface area contributed by atoms with E-state index in [9.17, 15) is 0 Å². The molecule has 1 saturated heterocycles. The van der Waals surface area contributed by atoms with Crippen LogP contribution in [-0.2, 0) is 11.2 Å². The van der Waals surface area contributed by atoms with Crippen LogP contribution in [0.4, 0.5) is 0 Å². The summed E-state index contributed by atoms with van der Waals surface area (Å²) < 4.78 is 5.36. The van der Waals surface area contributed by atoms with Gasteiger partial charge >= 0.3 is 0 Å². The first-order chi connectivity index (χ1) is 10.9. The zero-order chi connectivity index (χ0) is 15.5. The van der Waals surface area contributed by atoms with Crippen LogP contribution in [0.15, 0.2) is 22.5 Å². The number of hydrogen-bond donors (Lipinski definition) is 2. The zero-order valence-electron chi connectivity index (χ0n) is 13.5. The Labute approximate surface area is 137 Å². The van der Waals surface area contributed by atoms with E-state index in [-0.39, 0.29) is 0 Å². The third-order valence-electron chi connectivity index (χ3n) is 3.76. The van der Waals surface area contributed by atoms with Crippen molar-refractivity contribution in [2.45, 2.75) is 19.3 Å². The van der Waals surface area contributed by atoms with Crippen LogP contribution >= 0.6 is 11.3 Å². The number of guanidine groups is 1. The molecule has 2 N–H and O–H groups in total. The third kappa shape index (κ3) is 6.77. The monoisotopic (exact) mass is 324 g/mol. The Hall–Kier alpha value is -1.11. The highest BCUT2D eigenvalue weighted by atomic mass is 32.1. The van der Waals surface area contributed by atoms with E-state index in [2.05, 4.69) is 38.0 Å². The van der Waals surface area contributed by atoms with E-state index in [1.807, 2.05) is 7.05 Å². The Morgan fingerprint density at radius 2 is 2.09 bits per heavy atom. The minimum absolute atomic E-state index is 0.888. The summed E-state index contributed by atoms with van der Waals surface area (Å²) in [6, 6.07) is 4.27. The maximum Gasteiger partial charge on any atom is 0.190 e. The molecule has 1 aliphatic heterocycles. The fourth-order valence-electron chi connectivity index (χ4n) is 2.47. The van der Waals surface area contributed by atoms with Crippen molar-refractivity contribution in [3.63, 3.8) is 0 Å². The summed E-state index contributed by atoms with van der Waals surface area (Å²) in [5, 5.41) is 8.87. The Morgan fingerprint density at radius 3 is 2.82 bits per heavy atom. The average Bonchev–Trinajstić information content (AvgIpc) is 3.07. The summed E-state index contributed by atoms with van der Waals surface area (Å²) in [4.78, 5) is 8.16. The third-order valence-corrected chi connectivity index (χ3v) is 4.70. The molecule has 1 aromatic heterocycles. The number of unbranched alkanes of at least 4 members (excludes halogenated alkanes) is 1. The molecule has 5 nitrogen and oxygen atoms in total. The van der Waals surface area contributed by atoms with Crippen LogP contribution in [-0.4, -0.2) is 63.8 Å². The SMILES string of the molecule is CN=C(NCCCCN1CCOCC1)NCCc1cccs1. The molecule has 0 radical (unpaired) electrons. The fourth-order valence-corrected chi connectivity index (χ4v) is 3.18. The lowest BCUT2D eigenvalue weighted by Crippen LogP contribution is -2.39. The number of aliphatic imine (C=N–C) groups is 1. The number of rotatable bonds is 8. The van der Waals surface area contributed by atoms with Crippen molar-refractivity contribution in [2.24, 2.45) is 4.99 Å². The van der Waals surface area contributed by atoms with Gasteiger partial charge in [0, 0.05) is 38.1 Å². The smallest absolute Gasteiger partial charge is 0.190 e. The Kier molecular flexibility index (Phi) is 8.30. The molecule has 1 aliphatic rings. The lowest BCUT2D eigenvalue weighted by molar-refractivity contribution is 0.0372. The van der Waals surface area contributed by atoms with Gasteiger partial charge in [0.2, 0.25) is 0 Å². The lowest BCUT2D eigenvalue weighted by atomic mass is 10.2. The first-order valence-corrected chi connectivity index (χ1v) is 9.03. The Morgan fingerprint density at radius 1 is 1.27 bits per heavy atom. The van der Waals surface area contributed by atoms with Gasteiger partial charge in [0.05, 0.1) is 13.2 Å². The molecule has 22 heavy (non-hydrogen) atoms. The van der Waals surface area contributed by atoms with Crippen molar-refractivity contribution in [3.8, 4) is 0 Å². The van der Waals surface area contributed by atoms with Gasteiger partial charge < -0.3 is 15.4 Å². The molecule has 0 unspecified atom stereocenters. The minimum Gasteiger partial charge on any atom is -0.379 e. The van der Waals surface area contributed by atoms with Gasteiger partial charge in [-0.05, 0) is 37.3 Å². The second-order valence-corrected chi connectivity index (χ2v) is 6.45. The maximum atomic E-state index is 5.36. The second kappa shape index (κ2) is 10.6. The molecule has 1 fully saturated rings. The van der Waals surface area contributed by atoms with Gasteiger partial charge in [0.1, 0.15) is 0 Å². The molecule has 0 atom stereocenters. The molecule has 0 bridgehead atoms. The van der Waals surface area contributed by atoms with Crippen LogP contribution in [0.5, 0.6) is 0 Å². The Balaban J connectivity index is 1.48. The van der Waals surface area contributed by atoms with Crippen molar-refractivity contribution >= 4 is 17.3 Å². The van der Waals surface area contributed by atoms with Crippen LogP contribution < -0.4 is 10.6 Å². The molecular formula is C16H28N4OS. The molecular weight excluding hydrogens is 296 g/mol. The number of nitrogens with one attached hydrogen (secondary N) is 2. The van der Waals surface area contributed by atoms with Crippen LogP contribution in [0.3, 0.4) is 0 Å². The predicted octanol–water partition coefficient (Wildman–Crippen LogP) is 1.57. The lowest BCUT2D eigenvalue weighted by Gasteiger charge is -2.26. The average molecular weight is 324 g/mol. The van der Waals surface area contributed by atoms with Gasteiger partial charge in [0.15, 0.2) is 5.96 Å². The van der Waals surface area contributed by atoms with Crippen LogP contribution in [0, 0.1) is 0 Å². The molecule has 0 saturated carbocycles. The first kappa shape index (κ1) is 17.2. The summed E-state index contributed by atoms with van der Waals surface area (Å²) in [6.07, 6.45) is 3.44. The highest BCUT2D eigenvalue weighted by molar-refractivity contribution is 7.09. The quantitative estimate of drug-likeness (QED) is 0.433. The summed E-state index contributed by atoms with van der Waals surface area (Å²) in [6.45, 7) is 7.02. The molecule has 1 aromatic rings. The molecule has 2 heterocycles. The van der Waals surface area contributed by atoms with Gasteiger partial charge in [0.25, 0.3) is 0 Å².